The summed E-state index contributed by atoms with van der Waals surface area (Å²) in [4.78, 5) is 26.1. The van der Waals surface area contributed by atoms with Gasteiger partial charge in [0.1, 0.15) is 5.15 Å². The Hall–Kier alpha value is -1.30. The maximum Gasteiger partial charge on any atom is 0.334 e. The number of rotatable bonds is 1. The molecule has 1 aromatic carbocycles. The molecule has 100 valence electrons. The van der Waals surface area contributed by atoms with Crippen molar-refractivity contribution in [1.29, 1.82) is 0 Å². The topological polar surface area (TPSA) is 54.9 Å². The molecule has 4 nitrogen and oxygen atoms in total. The fourth-order valence-corrected chi connectivity index (χ4v) is 2.14. The molecule has 1 heterocycles. The van der Waals surface area contributed by atoms with Crippen molar-refractivity contribution < 1.29 is 4.39 Å². The fourth-order valence-electron chi connectivity index (χ4n) is 1.50. The van der Waals surface area contributed by atoms with E-state index in [-0.39, 0.29) is 26.4 Å². The van der Waals surface area contributed by atoms with Crippen molar-refractivity contribution in [1.82, 2.24) is 9.55 Å². The monoisotopic (exact) mass is 322 g/mol. The van der Waals surface area contributed by atoms with Gasteiger partial charge in [-0.2, -0.15) is 0 Å². The van der Waals surface area contributed by atoms with Gasteiger partial charge in [-0.15, -0.1) is 0 Å². The summed E-state index contributed by atoms with van der Waals surface area (Å²) < 4.78 is 14.1. The minimum absolute atomic E-state index is 0.0504. The van der Waals surface area contributed by atoms with Gasteiger partial charge >= 0.3 is 5.69 Å². The van der Waals surface area contributed by atoms with Crippen LogP contribution in [0, 0.1) is 12.7 Å². The van der Waals surface area contributed by atoms with Crippen molar-refractivity contribution >= 4 is 34.8 Å². The molecule has 1 N–H and O–H groups in total. The van der Waals surface area contributed by atoms with Crippen LogP contribution in [0.5, 0.6) is 0 Å². The standard InChI is InChI=1S/C11H6Cl3FN2O2/c1-4-9(14)16-11(19)17(10(4)18)5-2-6(12)8(15)7(13)3-5/h2-3H,1H3,(H,16,19). The van der Waals surface area contributed by atoms with Crippen molar-refractivity contribution in [3.63, 3.8) is 0 Å². The number of aromatic nitrogens is 2. The lowest BCUT2D eigenvalue weighted by Gasteiger charge is -2.08. The molecule has 0 saturated heterocycles. The van der Waals surface area contributed by atoms with Gasteiger partial charge in [-0.3, -0.25) is 9.78 Å². The lowest BCUT2D eigenvalue weighted by atomic mass is 10.3. The van der Waals surface area contributed by atoms with Gasteiger partial charge < -0.3 is 0 Å². The van der Waals surface area contributed by atoms with Crippen molar-refractivity contribution in [3.8, 4) is 5.69 Å². The van der Waals surface area contributed by atoms with Crippen LogP contribution in [0.1, 0.15) is 5.56 Å². The van der Waals surface area contributed by atoms with Crippen LogP contribution in [-0.2, 0) is 0 Å². The quantitative estimate of drug-likeness (QED) is 0.648. The molecule has 0 spiro atoms. The van der Waals surface area contributed by atoms with Crippen LogP contribution in [0.4, 0.5) is 4.39 Å². The average molecular weight is 324 g/mol. The van der Waals surface area contributed by atoms with Crippen LogP contribution in [0.15, 0.2) is 21.7 Å². The Morgan fingerprint density at radius 3 is 2.21 bits per heavy atom. The number of nitrogens with zero attached hydrogens (tertiary/aromatic N) is 1. The first-order valence-electron chi connectivity index (χ1n) is 4.99. The normalized spacial score (nSPS) is 10.8. The summed E-state index contributed by atoms with van der Waals surface area (Å²) in [5.74, 6) is -0.817. The first-order valence-corrected chi connectivity index (χ1v) is 6.12. The Kier molecular flexibility index (Phi) is 3.71. The van der Waals surface area contributed by atoms with Crippen molar-refractivity contribution in [2.45, 2.75) is 6.92 Å². The molecular formula is C11H6Cl3FN2O2. The molecule has 0 unspecified atom stereocenters. The molecule has 0 radical (unpaired) electrons. The lowest BCUT2D eigenvalue weighted by molar-refractivity contribution is 0.628. The molecule has 0 saturated carbocycles. The SMILES string of the molecule is Cc1c(Cl)[nH]c(=O)n(-c2cc(Cl)c(F)c(Cl)c2)c1=O. The van der Waals surface area contributed by atoms with Gasteiger partial charge in [0.25, 0.3) is 5.56 Å². The fraction of sp³-hybridized carbons (Fsp3) is 0.0909. The van der Waals surface area contributed by atoms with Gasteiger partial charge in [0, 0.05) is 0 Å². The third-order valence-corrected chi connectivity index (χ3v) is 3.43. The largest absolute Gasteiger partial charge is 0.334 e. The number of halogens is 4. The highest BCUT2D eigenvalue weighted by molar-refractivity contribution is 6.35. The first kappa shape index (κ1) is 14.1. The molecule has 0 amide bonds. The summed E-state index contributed by atoms with van der Waals surface area (Å²) in [6.07, 6.45) is 0. The summed E-state index contributed by atoms with van der Waals surface area (Å²) in [5.41, 5.74) is -1.19. The minimum atomic E-state index is -0.817. The predicted octanol–water partition coefficient (Wildman–Crippen LogP) is 2.93. The van der Waals surface area contributed by atoms with Crippen LogP contribution in [0.25, 0.3) is 5.69 Å². The van der Waals surface area contributed by atoms with E-state index < -0.39 is 17.1 Å². The van der Waals surface area contributed by atoms with E-state index >= 15 is 0 Å². The zero-order chi connectivity index (χ0) is 14.3. The highest BCUT2D eigenvalue weighted by atomic mass is 35.5. The summed E-state index contributed by atoms with van der Waals surface area (Å²) >= 11 is 16.9. The van der Waals surface area contributed by atoms with Gasteiger partial charge in [0.05, 0.1) is 21.3 Å². The molecule has 0 aliphatic carbocycles. The van der Waals surface area contributed by atoms with E-state index in [1.54, 1.807) is 0 Å². The summed E-state index contributed by atoms with van der Waals surface area (Å²) in [6.45, 7) is 1.45. The minimum Gasteiger partial charge on any atom is -0.297 e. The molecule has 0 aliphatic heterocycles. The van der Waals surface area contributed by atoms with Gasteiger partial charge in [-0.05, 0) is 19.1 Å². The number of nitrogens with one attached hydrogen (secondary N) is 1. The second-order valence-electron chi connectivity index (χ2n) is 3.73. The number of benzene rings is 1. The van der Waals surface area contributed by atoms with Crippen LogP contribution in [0.2, 0.25) is 15.2 Å². The van der Waals surface area contributed by atoms with E-state index in [0.717, 1.165) is 16.7 Å². The highest BCUT2D eigenvalue weighted by Gasteiger charge is 2.14. The Morgan fingerprint density at radius 1 is 1.16 bits per heavy atom. The average Bonchev–Trinajstić information content (AvgIpc) is 2.33. The van der Waals surface area contributed by atoms with Crippen LogP contribution >= 0.6 is 34.8 Å². The number of hydrogen-bond donors (Lipinski definition) is 1. The van der Waals surface area contributed by atoms with Crippen LogP contribution in [0.3, 0.4) is 0 Å². The molecule has 8 heteroatoms. The van der Waals surface area contributed by atoms with Gasteiger partial charge in [-0.1, -0.05) is 34.8 Å². The lowest BCUT2D eigenvalue weighted by Crippen LogP contribution is -2.35. The third kappa shape index (κ3) is 2.41. The predicted molar refractivity (Wildman–Crippen MR) is 72.4 cm³/mol. The number of aromatic amines is 1. The molecule has 1 aromatic heterocycles. The summed E-state index contributed by atoms with van der Waals surface area (Å²) in [7, 11) is 0. The molecule has 0 bridgehead atoms. The number of H-pyrrole nitrogens is 1. The van der Waals surface area contributed by atoms with Crippen molar-refractivity contribution in [2.24, 2.45) is 0 Å². The molecular weight excluding hydrogens is 317 g/mol. The third-order valence-electron chi connectivity index (χ3n) is 2.50. The van der Waals surface area contributed by atoms with Crippen LogP contribution in [-0.4, -0.2) is 9.55 Å². The van der Waals surface area contributed by atoms with Gasteiger partial charge in [-0.25, -0.2) is 13.8 Å². The molecule has 19 heavy (non-hydrogen) atoms. The van der Waals surface area contributed by atoms with E-state index in [1.807, 2.05) is 0 Å². The van der Waals surface area contributed by atoms with E-state index in [2.05, 4.69) is 4.98 Å². The van der Waals surface area contributed by atoms with E-state index in [0.29, 0.717) is 0 Å². The Morgan fingerprint density at radius 2 is 1.68 bits per heavy atom. The zero-order valence-electron chi connectivity index (χ0n) is 9.43. The Bertz CT molecular complexity index is 759. The van der Waals surface area contributed by atoms with Crippen LogP contribution < -0.4 is 11.2 Å². The maximum absolute atomic E-state index is 13.3. The Labute approximate surface area is 121 Å². The van der Waals surface area contributed by atoms with E-state index in [9.17, 15) is 14.0 Å². The van der Waals surface area contributed by atoms with Gasteiger partial charge in [0.15, 0.2) is 5.82 Å². The van der Waals surface area contributed by atoms with E-state index in [1.165, 1.54) is 6.92 Å². The Balaban J connectivity index is 2.84. The second kappa shape index (κ2) is 5.00. The molecule has 0 atom stereocenters. The van der Waals surface area contributed by atoms with E-state index in [4.69, 9.17) is 34.8 Å². The second-order valence-corrected chi connectivity index (χ2v) is 4.93. The first-order chi connectivity index (χ1) is 8.82. The maximum atomic E-state index is 13.3. The molecule has 0 fully saturated rings. The molecule has 2 rings (SSSR count). The highest BCUT2D eigenvalue weighted by Crippen LogP contribution is 2.25. The van der Waals surface area contributed by atoms with Crippen molar-refractivity contribution in [3.05, 3.63) is 59.5 Å². The van der Waals surface area contributed by atoms with Crippen molar-refractivity contribution in [2.75, 3.05) is 0 Å². The zero-order valence-corrected chi connectivity index (χ0v) is 11.7. The molecule has 2 aromatic rings. The van der Waals surface area contributed by atoms with Gasteiger partial charge in [0.2, 0.25) is 0 Å². The summed E-state index contributed by atoms with van der Waals surface area (Å²) in [6, 6.07) is 2.26. The number of hydrogen-bond acceptors (Lipinski definition) is 2. The summed E-state index contributed by atoms with van der Waals surface area (Å²) in [5, 5.41) is -0.631. The smallest absolute Gasteiger partial charge is 0.297 e. The molecule has 0 aliphatic rings.